The molecule has 2 unspecified atom stereocenters. The third-order valence-corrected chi connectivity index (χ3v) is 5.94. The molecule has 2 aromatic rings. The Labute approximate surface area is 187 Å². The molecule has 0 radical (unpaired) electrons. The van der Waals surface area contributed by atoms with Gasteiger partial charge in [0, 0.05) is 32.4 Å². The number of aromatic nitrogens is 2. The van der Waals surface area contributed by atoms with Crippen LogP contribution >= 0.6 is 0 Å². The minimum absolute atomic E-state index is 0.205. The van der Waals surface area contributed by atoms with Gasteiger partial charge in [-0.1, -0.05) is 0 Å². The highest BCUT2D eigenvalue weighted by molar-refractivity contribution is 5.67. The fourth-order valence-corrected chi connectivity index (χ4v) is 4.35. The number of amides is 1. The summed E-state index contributed by atoms with van der Waals surface area (Å²) in [5, 5.41) is 2.90. The summed E-state index contributed by atoms with van der Waals surface area (Å²) in [4.78, 5) is 29.9. The van der Waals surface area contributed by atoms with Crippen molar-refractivity contribution in [2.75, 3.05) is 38.5 Å². The van der Waals surface area contributed by atoms with E-state index in [0.29, 0.717) is 36.6 Å². The normalized spacial score (nSPS) is 22.3. The minimum atomic E-state index is -0.467. The topological polar surface area (TPSA) is 112 Å². The molecular weight excluding hydrogens is 410 g/mol. The fourth-order valence-electron chi connectivity index (χ4n) is 4.35. The number of ether oxygens (including phenoxy) is 2. The summed E-state index contributed by atoms with van der Waals surface area (Å²) in [6.07, 6.45) is 1.27. The molecule has 2 aliphatic rings. The number of nitrogens with two attached hydrogens (primary N) is 1. The number of hydrogen-bond acceptors (Lipinski definition) is 7. The maximum Gasteiger partial charge on any atom is 0.407 e. The van der Waals surface area contributed by atoms with Crippen molar-refractivity contribution in [3.05, 3.63) is 47.0 Å². The van der Waals surface area contributed by atoms with Crippen LogP contribution in [-0.2, 0) is 4.74 Å². The predicted octanol–water partition coefficient (Wildman–Crippen LogP) is 1.90. The highest BCUT2D eigenvalue weighted by Gasteiger charge is 2.55. The third-order valence-electron chi connectivity index (χ3n) is 5.94. The second kappa shape index (κ2) is 8.82. The standard InChI is InChI=1S/C23H31N5O4/c1-23(2,3)32-22(30)25-12-17-18-13-27(14-19(17)18)10-11-31-16-6-4-15(5-7-16)28-9-8-20(24)26-21(28)29/h4-9,17-19H,10-14H2,1-3H3,(H,25,30)(H2,24,26,29). The number of carbonyl (C=O) groups is 1. The summed E-state index contributed by atoms with van der Waals surface area (Å²) >= 11 is 0. The second-order valence-corrected chi connectivity index (χ2v) is 9.48. The first-order chi connectivity index (χ1) is 15.2. The number of hydrogen-bond donors (Lipinski definition) is 2. The number of rotatable bonds is 7. The molecule has 2 fully saturated rings. The van der Waals surface area contributed by atoms with Crippen LogP contribution in [0.5, 0.6) is 5.75 Å². The molecule has 1 saturated heterocycles. The van der Waals surface area contributed by atoms with Gasteiger partial charge in [-0.2, -0.15) is 4.98 Å². The minimum Gasteiger partial charge on any atom is -0.492 e. The molecule has 2 atom stereocenters. The average Bonchev–Trinajstić information content (AvgIpc) is 3.16. The van der Waals surface area contributed by atoms with E-state index < -0.39 is 11.3 Å². The maximum atomic E-state index is 11.9. The first-order valence-electron chi connectivity index (χ1n) is 11.0. The Bertz CT molecular complexity index is 1000. The van der Waals surface area contributed by atoms with Crippen molar-refractivity contribution in [1.29, 1.82) is 0 Å². The Balaban J connectivity index is 1.16. The number of anilines is 1. The fraction of sp³-hybridized carbons (Fsp3) is 0.522. The van der Waals surface area contributed by atoms with Gasteiger partial charge >= 0.3 is 11.8 Å². The summed E-state index contributed by atoms with van der Waals surface area (Å²) < 4.78 is 12.6. The van der Waals surface area contributed by atoms with Gasteiger partial charge in [0.1, 0.15) is 23.8 Å². The van der Waals surface area contributed by atoms with E-state index in [1.165, 1.54) is 4.57 Å². The van der Waals surface area contributed by atoms with E-state index in [4.69, 9.17) is 15.2 Å². The molecule has 4 rings (SSSR count). The van der Waals surface area contributed by atoms with Crippen LogP contribution in [-0.4, -0.2) is 58.9 Å². The van der Waals surface area contributed by atoms with Crippen molar-refractivity contribution < 1.29 is 14.3 Å². The van der Waals surface area contributed by atoms with Gasteiger partial charge in [0.2, 0.25) is 0 Å². The number of nitrogen functional groups attached to an aromatic ring is 1. The number of alkyl carbamates (subject to hydrolysis) is 1. The van der Waals surface area contributed by atoms with Crippen LogP contribution in [0.15, 0.2) is 41.3 Å². The first kappa shape index (κ1) is 22.1. The smallest absolute Gasteiger partial charge is 0.407 e. The molecule has 1 aromatic heterocycles. The Morgan fingerprint density at radius 2 is 1.88 bits per heavy atom. The van der Waals surface area contributed by atoms with Crippen molar-refractivity contribution in [3.63, 3.8) is 0 Å². The summed E-state index contributed by atoms with van der Waals surface area (Å²) in [7, 11) is 0. The Kier molecular flexibility index (Phi) is 6.10. The molecular formula is C23H31N5O4. The van der Waals surface area contributed by atoms with Gasteiger partial charge in [-0.05, 0) is 68.9 Å². The van der Waals surface area contributed by atoms with Crippen molar-refractivity contribution in [2.24, 2.45) is 17.8 Å². The highest BCUT2D eigenvalue weighted by Crippen LogP contribution is 2.51. The Morgan fingerprint density at radius 3 is 2.50 bits per heavy atom. The average molecular weight is 442 g/mol. The van der Waals surface area contributed by atoms with Gasteiger partial charge in [0.25, 0.3) is 0 Å². The summed E-state index contributed by atoms with van der Waals surface area (Å²) in [5.41, 5.74) is 5.36. The third kappa shape index (κ3) is 5.40. The molecule has 9 nitrogen and oxygen atoms in total. The van der Waals surface area contributed by atoms with Crippen molar-refractivity contribution in [2.45, 2.75) is 26.4 Å². The monoisotopic (exact) mass is 441 g/mol. The molecule has 0 spiro atoms. The van der Waals surface area contributed by atoms with Crippen LogP contribution in [0.4, 0.5) is 10.6 Å². The highest BCUT2D eigenvalue weighted by atomic mass is 16.6. The van der Waals surface area contributed by atoms with E-state index in [1.807, 2.05) is 45.0 Å². The molecule has 3 N–H and O–H groups in total. The number of benzene rings is 1. The molecule has 2 heterocycles. The van der Waals surface area contributed by atoms with Crippen molar-refractivity contribution >= 4 is 11.9 Å². The zero-order valence-corrected chi connectivity index (χ0v) is 18.8. The van der Waals surface area contributed by atoms with Gasteiger partial charge in [0.15, 0.2) is 0 Å². The largest absolute Gasteiger partial charge is 0.492 e. The zero-order valence-electron chi connectivity index (χ0n) is 18.8. The van der Waals surface area contributed by atoms with E-state index in [1.54, 1.807) is 12.3 Å². The quantitative estimate of drug-likeness (QED) is 0.675. The molecule has 1 amide bonds. The molecule has 9 heteroatoms. The SMILES string of the molecule is CC(C)(C)OC(=O)NCC1C2CN(CCOc3ccc(-n4ccc(N)nc4=O)cc3)CC12. The van der Waals surface area contributed by atoms with Crippen LogP contribution in [0.3, 0.4) is 0 Å². The van der Waals surface area contributed by atoms with E-state index in [9.17, 15) is 9.59 Å². The molecule has 1 aromatic carbocycles. The van der Waals surface area contributed by atoms with Gasteiger partial charge in [-0.15, -0.1) is 0 Å². The molecule has 1 aliphatic carbocycles. The zero-order chi connectivity index (χ0) is 22.9. The summed E-state index contributed by atoms with van der Waals surface area (Å²) in [5.74, 6) is 2.82. The van der Waals surface area contributed by atoms with Crippen LogP contribution in [0.25, 0.3) is 5.69 Å². The number of piperidine rings is 1. The van der Waals surface area contributed by atoms with Crippen LogP contribution in [0, 0.1) is 17.8 Å². The van der Waals surface area contributed by atoms with Crippen LogP contribution in [0.2, 0.25) is 0 Å². The summed E-state index contributed by atoms with van der Waals surface area (Å²) in [6, 6.07) is 8.92. The van der Waals surface area contributed by atoms with Gasteiger partial charge in [0.05, 0.1) is 5.69 Å². The lowest BCUT2D eigenvalue weighted by Gasteiger charge is -2.21. The van der Waals surface area contributed by atoms with Crippen LogP contribution < -0.4 is 21.5 Å². The molecule has 172 valence electrons. The van der Waals surface area contributed by atoms with Gasteiger partial charge in [-0.3, -0.25) is 9.47 Å². The summed E-state index contributed by atoms with van der Waals surface area (Å²) in [6.45, 7) is 9.84. The molecule has 32 heavy (non-hydrogen) atoms. The van der Waals surface area contributed by atoms with Gasteiger partial charge < -0.3 is 20.5 Å². The van der Waals surface area contributed by atoms with Gasteiger partial charge in [-0.25, -0.2) is 9.59 Å². The Morgan fingerprint density at radius 1 is 1.19 bits per heavy atom. The molecule has 1 saturated carbocycles. The number of nitrogens with zero attached hydrogens (tertiary/aromatic N) is 3. The lowest BCUT2D eigenvalue weighted by molar-refractivity contribution is 0.0522. The second-order valence-electron chi connectivity index (χ2n) is 9.48. The lowest BCUT2D eigenvalue weighted by atomic mass is 10.2. The predicted molar refractivity (Wildman–Crippen MR) is 121 cm³/mol. The molecule has 0 bridgehead atoms. The molecule has 1 aliphatic heterocycles. The van der Waals surface area contributed by atoms with E-state index in [-0.39, 0.29) is 11.9 Å². The number of nitrogens with one attached hydrogen (secondary N) is 1. The van der Waals surface area contributed by atoms with E-state index in [2.05, 4.69) is 15.2 Å². The number of likely N-dealkylation sites (tertiary alicyclic amines) is 1. The maximum absolute atomic E-state index is 11.9. The first-order valence-corrected chi connectivity index (χ1v) is 11.0. The van der Waals surface area contributed by atoms with Crippen LogP contribution in [0.1, 0.15) is 20.8 Å². The van der Waals surface area contributed by atoms with E-state index in [0.717, 1.165) is 25.4 Å². The number of fused-ring (bicyclic) bond motifs is 1. The van der Waals surface area contributed by atoms with E-state index >= 15 is 0 Å². The Hall–Kier alpha value is -3.07. The number of carbonyl (C=O) groups excluding carboxylic acids is 1. The van der Waals surface area contributed by atoms with Crippen molar-refractivity contribution in [3.8, 4) is 11.4 Å². The van der Waals surface area contributed by atoms with Crippen molar-refractivity contribution in [1.82, 2.24) is 19.8 Å². The lowest BCUT2D eigenvalue weighted by Crippen LogP contribution is -2.35.